The van der Waals surface area contributed by atoms with Gasteiger partial charge in [-0.3, -0.25) is 4.98 Å². The zero-order valence-corrected chi connectivity index (χ0v) is 18.0. The molecule has 5 aromatic rings. The summed E-state index contributed by atoms with van der Waals surface area (Å²) in [6.07, 6.45) is 3.40. The molecule has 0 aliphatic carbocycles. The number of rotatable bonds is 5. The fourth-order valence-corrected chi connectivity index (χ4v) is 3.65. The van der Waals surface area contributed by atoms with E-state index >= 15 is 0 Å². The molecule has 6 heteroatoms. The van der Waals surface area contributed by atoms with Crippen LogP contribution in [0.4, 0.5) is 11.5 Å². The Labute approximate surface area is 187 Å². The summed E-state index contributed by atoms with van der Waals surface area (Å²) in [6.45, 7) is 0. The molecular weight excluding hydrogens is 452 g/mol. The largest absolute Gasteiger partial charge is 0.456 e. The van der Waals surface area contributed by atoms with Crippen molar-refractivity contribution in [3.8, 4) is 22.8 Å². The molecule has 0 aliphatic heterocycles. The summed E-state index contributed by atoms with van der Waals surface area (Å²) in [5.74, 6) is 2.15. The Balaban J connectivity index is 1.43. The summed E-state index contributed by atoms with van der Waals surface area (Å²) >= 11 is 3.44. The maximum atomic E-state index is 5.91. The van der Waals surface area contributed by atoms with Crippen LogP contribution in [0.25, 0.3) is 22.0 Å². The van der Waals surface area contributed by atoms with Crippen LogP contribution in [0.15, 0.2) is 102 Å². The van der Waals surface area contributed by atoms with Gasteiger partial charge in [-0.05, 0) is 40.2 Å². The Morgan fingerprint density at radius 1 is 0.742 bits per heavy atom. The number of halogens is 1. The molecule has 0 saturated carbocycles. The van der Waals surface area contributed by atoms with Crippen LogP contribution in [0.3, 0.4) is 0 Å². The first-order valence-electron chi connectivity index (χ1n) is 9.73. The molecule has 0 unspecified atom stereocenters. The smallest absolute Gasteiger partial charge is 0.161 e. The van der Waals surface area contributed by atoms with Gasteiger partial charge in [0.05, 0.1) is 4.47 Å². The first kappa shape index (κ1) is 19.2. The van der Waals surface area contributed by atoms with E-state index in [0.29, 0.717) is 11.6 Å². The van der Waals surface area contributed by atoms with Gasteiger partial charge >= 0.3 is 0 Å². The highest BCUT2D eigenvalue weighted by atomic mass is 79.9. The van der Waals surface area contributed by atoms with Gasteiger partial charge < -0.3 is 10.1 Å². The average molecular weight is 469 g/mol. The first-order chi connectivity index (χ1) is 15.3. The average Bonchev–Trinajstić information content (AvgIpc) is 2.82. The number of benzene rings is 3. The maximum absolute atomic E-state index is 5.91. The van der Waals surface area contributed by atoms with Crippen molar-refractivity contribution in [1.29, 1.82) is 0 Å². The van der Waals surface area contributed by atoms with E-state index in [2.05, 4.69) is 48.6 Å². The molecule has 1 N–H and O–H groups in total. The topological polar surface area (TPSA) is 59.9 Å². The van der Waals surface area contributed by atoms with E-state index in [1.54, 1.807) is 12.4 Å². The minimum Gasteiger partial charge on any atom is -0.456 e. The molecule has 0 bridgehead atoms. The van der Waals surface area contributed by atoms with Crippen molar-refractivity contribution in [2.24, 2.45) is 0 Å². The third-order valence-corrected chi connectivity index (χ3v) is 5.41. The van der Waals surface area contributed by atoms with Crippen molar-refractivity contribution in [3.63, 3.8) is 0 Å². The molecule has 5 rings (SSSR count). The van der Waals surface area contributed by atoms with Crippen molar-refractivity contribution in [3.05, 3.63) is 102 Å². The predicted molar refractivity (Wildman–Crippen MR) is 127 cm³/mol. The van der Waals surface area contributed by atoms with E-state index < -0.39 is 0 Å². The maximum Gasteiger partial charge on any atom is 0.161 e. The Hall–Kier alpha value is -3.77. The molecule has 3 aromatic carbocycles. The van der Waals surface area contributed by atoms with Crippen molar-refractivity contribution in [1.82, 2.24) is 15.2 Å². The lowest BCUT2D eigenvalue weighted by Gasteiger charge is -2.12. The quantitative estimate of drug-likeness (QED) is 0.301. The molecule has 5 nitrogen and oxygen atoms in total. The minimum absolute atomic E-state index is 0.709. The summed E-state index contributed by atoms with van der Waals surface area (Å²) < 4.78 is 6.71. The Kier molecular flexibility index (Phi) is 5.29. The monoisotopic (exact) mass is 468 g/mol. The highest BCUT2D eigenvalue weighted by molar-refractivity contribution is 9.10. The second-order valence-electron chi connectivity index (χ2n) is 6.87. The molecule has 2 heterocycles. The fraction of sp³-hybridized carbons (Fsp3) is 0. The number of pyridine rings is 1. The lowest BCUT2D eigenvalue weighted by atomic mass is 10.0. The Bertz CT molecular complexity index is 1340. The number of ether oxygens (including phenoxy) is 1. The molecule has 0 atom stereocenters. The molecule has 0 fully saturated rings. The second kappa shape index (κ2) is 8.53. The third-order valence-electron chi connectivity index (χ3n) is 4.81. The van der Waals surface area contributed by atoms with Crippen molar-refractivity contribution in [2.45, 2.75) is 0 Å². The van der Waals surface area contributed by atoms with Crippen LogP contribution in [0.2, 0.25) is 0 Å². The number of nitrogens with zero attached hydrogens (tertiary/aromatic N) is 3. The lowest BCUT2D eigenvalue weighted by molar-refractivity contribution is 0.479. The van der Waals surface area contributed by atoms with E-state index in [1.807, 2.05) is 72.8 Å². The van der Waals surface area contributed by atoms with Crippen LogP contribution in [0, 0.1) is 0 Å². The zero-order valence-electron chi connectivity index (χ0n) is 16.4. The standard InChI is InChI=1S/C25H17BrN4O/c26-22-16-27-15-14-23(22)31-19-12-10-18(11-13-19)28-25-21-9-5-4-8-20(21)24(29-30-25)17-6-2-1-3-7-17/h1-16H,(H,28,30). The normalized spacial score (nSPS) is 10.7. The second-order valence-corrected chi connectivity index (χ2v) is 7.72. The first-order valence-corrected chi connectivity index (χ1v) is 10.5. The highest BCUT2D eigenvalue weighted by Crippen LogP contribution is 2.32. The number of nitrogens with one attached hydrogen (secondary N) is 1. The number of hydrogen-bond donors (Lipinski definition) is 1. The van der Waals surface area contributed by atoms with E-state index in [1.165, 1.54) is 0 Å². The van der Waals surface area contributed by atoms with Gasteiger partial charge in [-0.1, -0.05) is 54.6 Å². The minimum atomic E-state index is 0.709. The van der Waals surface area contributed by atoms with Gasteiger partial charge in [0.1, 0.15) is 17.2 Å². The van der Waals surface area contributed by atoms with Crippen LogP contribution in [-0.2, 0) is 0 Å². The predicted octanol–water partition coefficient (Wildman–Crippen LogP) is 6.99. The molecule has 0 amide bonds. The Morgan fingerprint density at radius 3 is 2.26 bits per heavy atom. The van der Waals surface area contributed by atoms with Crippen LogP contribution >= 0.6 is 15.9 Å². The Morgan fingerprint density at radius 2 is 1.48 bits per heavy atom. The summed E-state index contributed by atoms with van der Waals surface area (Å²) in [4.78, 5) is 4.05. The van der Waals surface area contributed by atoms with Crippen molar-refractivity contribution < 1.29 is 4.74 Å². The lowest BCUT2D eigenvalue weighted by Crippen LogP contribution is -1.99. The summed E-state index contributed by atoms with van der Waals surface area (Å²) in [6, 6.07) is 27.8. The molecule has 0 spiro atoms. The summed E-state index contributed by atoms with van der Waals surface area (Å²) in [5, 5.41) is 14.4. The summed E-state index contributed by atoms with van der Waals surface area (Å²) in [7, 11) is 0. The summed E-state index contributed by atoms with van der Waals surface area (Å²) in [5.41, 5.74) is 2.81. The number of anilines is 2. The van der Waals surface area contributed by atoms with Gasteiger partial charge in [0.2, 0.25) is 0 Å². The van der Waals surface area contributed by atoms with Gasteiger partial charge in [0.15, 0.2) is 5.82 Å². The number of fused-ring (bicyclic) bond motifs is 1. The molecule has 0 aliphatic rings. The fourth-order valence-electron chi connectivity index (χ4n) is 3.32. The number of aromatic nitrogens is 3. The van der Waals surface area contributed by atoms with Gasteiger partial charge in [0.25, 0.3) is 0 Å². The third kappa shape index (κ3) is 4.11. The highest BCUT2D eigenvalue weighted by Gasteiger charge is 2.11. The van der Waals surface area contributed by atoms with Crippen molar-refractivity contribution >= 4 is 38.2 Å². The van der Waals surface area contributed by atoms with Gasteiger partial charge in [-0.15, -0.1) is 10.2 Å². The van der Waals surface area contributed by atoms with Gasteiger partial charge in [-0.25, -0.2) is 0 Å². The zero-order chi connectivity index (χ0) is 21.0. The molecule has 0 saturated heterocycles. The molecule has 31 heavy (non-hydrogen) atoms. The van der Waals surface area contributed by atoms with Gasteiger partial charge in [-0.2, -0.15) is 0 Å². The van der Waals surface area contributed by atoms with E-state index in [9.17, 15) is 0 Å². The van der Waals surface area contributed by atoms with E-state index in [-0.39, 0.29) is 0 Å². The van der Waals surface area contributed by atoms with Crippen LogP contribution in [0.1, 0.15) is 0 Å². The molecule has 150 valence electrons. The number of hydrogen-bond acceptors (Lipinski definition) is 5. The van der Waals surface area contributed by atoms with Crippen molar-refractivity contribution in [2.75, 3.05) is 5.32 Å². The van der Waals surface area contributed by atoms with E-state index in [4.69, 9.17) is 4.74 Å². The van der Waals surface area contributed by atoms with Crippen LogP contribution in [-0.4, -0.2) is 15.2 Å². The van der Waals surface area contributed by atoms with E-state index in [0.717, 1.165) is 37.9 Å². The molecular formula is C25H17BrN4O. The van der Waals surface area contributed by atoms with Crippen LogP contribution < -0.4 is 10.1 Å². The SMILES string of the molecule is Brc1cnccc1Oc1ccc(Nc2nnc(-c3ccccc3)c3ccccc23)cc1. The molecule has 2 aromatic heterocycles. The van der Waals surface area contributed by atoms with Crippen LogP contribution in [0.5, 0.6) is 11.5 Å². The molecule has 0 radical (unpaired) electrons. The van der Waals surface area contributed by atoms with Gasteiger partial charge in [0, 0.05) is 40.5 Å².